The standard InChI is InChI=1S/C28H26N6O3/c1-32(13-17-7-4-3-5-8-17)24-11-23(31-27-19(28(35)36-2)12-30-34(24)27)20-14-33(25-21-15-37-16-22(21)25)26-18(20)9-6-10-29-26/h3-12,14,21-22,25H,13,15-16H2,1-2H3/t21-,22+,25?. The van der Waals surface area contributed by atoms with Crippen LogP contribution in [0.3, 0.4) is 0 Å². The molecule has 4 aromatic heterocycles. The molecule has 1 saturated heterocycles. The zero-order chi connectivity index (χ0) is 25.1. The smallest absolute Gasteiger partial charge is 0.343 e. The molecular formula is C28H26N6O3. The molecule has 1 aliphatic carbocycles. The highest BCUT2D eigenvalue weighted by atomic mass is 16.5. The van der Waals surface area contributed by atoms with Gasteiger partial charge in [-0.3, -0.25) is 0 Å². The van der Waals surface area contributed by atoms with Crippen molar-refractivity contribution in [3.63, 3.8) is 0 Å². The van der Waals surface area contributed by atoms with Gasteiger partial charge in [-0.25, -0.2) is 14.8 Å². The molecular weight excluding hydrogens is 468 g/mol. The molecule has 0 radical (unpaired) electrons. The Morgan fingerprint density at radius 2 is 1.95 bits per heavy atom. The van der Waals surface area contributed by atoms with E-state index in [2.05, 4.69) is 39.0 Å². The van der Waals surface area contributed by atoms with Crippen LogP contribution in [0.4, 0.5) is 5.82 Å². The van der Waals surface area contributed by atoms with Crippen molar-refractivity contribution in [1.82, 2.24) is 24.1 Å². The second-order valence-corrected chi connectivity index (χ2v) is 9.81. The number of carbonyl (C=O) groups excluding carboxylic acids is 1. The van der Waals surface area contributed by atoms with Crippen LogP contribution in [0.5, 0.6) is 0 Å². The Kier molecular flexibility index (Phi) is 5.00. The molecule has 5 heterocycles. The van der Waals surface area contributed by atoms with Crippen LogP contribution in [0.25, 0.3) is 27.9 Å². The molecule has 1 aromatic carbocycles. The average molecular weight is 495 g/mol. The lowest BCUT2D eigenvalue weighted by Crippen LogP contribution is -2.20. The van der Waals surface area contributed by atoms with E-state index < -0.39 is 5.97 Å². The van der Waals surface area contributed by atoms with Crippen molar-refractivity contribution in [3.8, 4) is 11.3 Å². The minimum Gasteiger partial charge on any atom is -0.465 e. The van der Waals surface area contributed by atoms with Crippen LogP contribution < -0.4 is 4.90 Å². The van der Waals surface area contributed by atoms with Gasteiger partial charge in [0.15, 0.2) is 5.65 Å². The van der Waals surface area contributed by atoms with Gasteiger partial charge in [-0.2, -0.15) is 9.61 Å². The summed E-state index contributed by atoms with van der Waals surface area (Å²) in [6.07, 6.45) is 5.52. The van der Waals surface area contributed by atoms with Gasteiger partial charge < -0.3 is 18.9 Å². The Morgan fingerprint density at radius 1 is 1.14 bits per heavy atom. The lowest BCUT2D eigenvalue weighted by molar-refractivity contribution is 0.0602. The number of aromatic nitrogens is 5. The number of fused-ring (bicyclic) bond motifs is 3. The first-order valence-electron chi connectivity index (χ1n) is 12.4. The molecule has 1 aliphatic heterocycles. The Hall–Kier alpha value is -4.24. The second kappa shape index (κ2) is 8.41. The summed E-state index contributed by atoms with van der Waals surface area (Å²) in [6.45, 7) is 2.27. The summed E-state index contributed by atoms with van der Waals surface area (Å²) in [5.41, 5.74) is 4.63. The van der Waals surface area contributed by atoms with Gasteiger partial charge in [-0.05, 0) is 17.7 Å². The van der Waals surface area contributed by atoms with Crippen molar-refractivity contribution >= 4 is 28.5 Å². The Labute approximate surface area is 213 Å². The molecule has 186 valence electrons. The van der Waals surface area contributed by atoms with E-state index in [1.807, 2.05) is 43.6 Å². The van der Waals surface area contributed by atoms with Crippen LogP contribution in [-0.4, -0.2) is 57.5 Å². The van der Waals surface area contributed by atoms with Crippen molar-refractivity contribution in [2.75, 3.05) is 32.3 Å². The second-order valence-electron chi connectivity index (χ2n) is 9.81. The van der Waals surface area contributed by atoms with Crippen molar-refractivity contribution in [1.29, 1.82) is 0 Å². The topological polar surface area (TPSA) is 86.8 Å². The average Bonchev–Trinajstić information content (AvgIpc) is 3.34. The fraction of sp³-hybridized carbons (Fsp3) is 0.286. The van der Waals surface area contributed by atoms with Crippen molar-refractivity contribution in [2.45, 2.75) is 12.6 Å². The van der Waals surface area contributed by atoms with Gasteiger partial charge in [0.1, 0.15) is 17.0 Å². The predicted octanol–water partition coefficient (Wildman–Crippen LogP) is 3.99. The summed E-state index contributed by atoms with van der Waals surface area (Å²) in [5.74, 6) is 1.43. The Bertz CT molecular complexity index is 1630. The van der Waals surface area contributed by atoms with Gasteiger partial charge in [0, 0.05) is 60.9 Å². The summed E-state index contributed by atoms with van der Waals surface area (Å²) in [7, 11) is 3.38. The fourth-order valence-corrected chi connectivity index (χ4v) is 5.69. The number of rotatable bonds is 6. The molecule has 0 amide bonds. The predicted molar refractivity (Wildman–Crippen MR) is 138 cm³/mol. The first-order chi connectivity index (χ1) is 18.1. The minimum atomic E-state index is -0.466. The molecule has 1 saturated carbocycles. The third-order valence-electron chi connectivity index (χ3n) is 7.61. The first kappa shape index (κ1) is 22.0. The monoisotopic (exact) mass is 494 g/mol. The molecule has 1 unspecified atom stereocenters. The fourth-order valence-electron chi connectivity index (χ4n) is 5.69. The van der Waals surface area contributed by atoms with Crippen LogP contribution in [0.15, 0.2) is 67.1 Å². The first-order valence-corrected chi connectivity index (χ1v) is 12.4. The van der Waals surface area contributed by atoms with Crippen LogP contribution in [0, 0.1) is 11.8 Å². The number of hydrogen-bond donors (Lipinski definition) is 0. The van der Waals surface area contributed by atoms with E-state index in [0.29, 0.717) is 35.6 Å². The number of pyridine rings is 1. The molecule has 7 rings (SSSR count). The molecule has 9 nitrogen and oxygen atoms in total. The van der Waals surface area contributed by atoms with Gasteiger partial charge >= 0.3 is 5.97 Å². The van der Waals surface area contributed by atoms with Crippen LogP contribution in [0.2, 0.25) is 0 Å². The van der Waals surface area contributed by atoms with E-state index in [-0.39, 0.29) is 0 Å². The summed E-state index contributed by atoms with van der Waals surface area (Å²) >= 11 is 0. The van der Waals surface area contributed by atoms with Crippen molar-refractivity contribution in [3.05, 3.63) is 78.2 Å². The minimum absolute atomic E-state index is 0.328. The van der Waals surface area contributed by atoms with E-state index in [1.54, 1.807) is 4.52 Å². The zero-order valence-corrected chi connectivity index (χ0v) is 20.6. The largest absolute Gasteiger partial charge is 0.465 e. The Balaban J connectivity index is 1.40. The SMILES string of the molecule is COC(=O)c1cnn2c(N(C)Cc3ccccc3)cc(-c3cn(C4[C@H]5COC[C@@H]45)c4ncccc34)nc12. The van der Waals surface area contributed by atoms with Gasteiger partial charge in [0.05, 0.1) is 32.2 Å². The van der Waals surface area contributed by atoms with E-state index in [1.165, 1.54) is 18.9 Å². The number of esters is 1. The highest BCUT2D eigenvalue weighted by molar-refractivity contribution is 5.98. The molecule has 2 aliphatic rings. The third kappa shape index (κ3) is 3.49. The van der Waals surface area contributed by atoms with Gasteiger partial charge in [0.2, 0.25) is 0 Å². The van der Waals surface area contributed by atoms with E-state index in [4.69, 9.17) is 19.4 Å². The summed E-state index contributed by atoms with van der Waals surface area (Å²) in [4.78, 5) is 24.4. The number of benzene rings is 1. The van der Waals surface area contributed by atoms with Gasteiger partial charge in [-0.1, -0.05) is 30.3 Å². The lowest BCUT2D eigenvalue weighted by atomic mass is 10.1. The van der Waals surface area contributed by atoms with Crippen molar-refractivity contribution < 1.29 is 14.3 Å². The lowest BCUT2D eigenvalue weighted by Gasteiger charge is -2.21. The number of carbonyl (C=O) groups is 1. The van der Waals surface area contributed by atoms with Crippen LogP contribution in [0.1, 0.15) is 22.0 Å². The van der Waals surface area contributed by atoms with E-state index in [0.717, 1.165) is 41.3 Å². The van der Waals surface area contributed by atoms with E-state index in [9.17, 15) is 4.79 Å². The van der Waals surface area contributed by atoms with Crippen LogP contribution in [-0.2, 0) is 16.0 Å². The molecule has 0 bridgehead atoms. The molecule has 0 N–H and O–H groups in total. The molecule has 5 aromatic rings. The maximum Gasteiger partial charge on any atom is 0.343 e. The molecule has 0 spiro atoms. The van der Waals surface area contributed by atoms with Gasteiger partial charge in [0.25, 0.3) is 0 Å². The quantitative estimate of drug-likeness (QED) is 0.330. The summed E-state index contributed by atoms with van der Waals surface area (Å²) in [5, 5.41) is 5.54. The molecule has 2 fully saturated rings. The zero-order valence-electron chi connectivity index (χ0n) is 20.6. The number of ether oxygens (including phenoxy) is 2. The summed E-state index contributed by atoms with van der Waals surface area (Å²) in [6, 6.07) is 16.7. The maximum atomic E-state index is 12.6. The van der Waals surface area contributed by atoms with Crippen LogP contribution >= 0.6 is 0 Å². The van der Waals surface area contributed by atoms with E-state index >= 15 is 0 Å². The number of nitrogens with zero attached hydrogens (tertiary/aromatic N) is 6. The third-order valence-corrected chi connectivity index (χ3v) is 7.61. The molecule has 37 heavy (non-hydrogen) atoms. The number of anilines is 1. The van der Waals surface area contributed by atoms with Crippen molar-refractivity contribution in [2.24, 2.45) is 11.8 Å². The highest BCUT2D eigenvalue weighted by Crippen LogP contribution is 2.55. The Morgan fingerprint density at radius 3 is 2.73 bits per heavy atom. The number of methoxy groups -OCH3 is 1. The summed E-state index contributed by atoms with van der Waals surface area (Å²) < 4.78 is 14.7. The van der Waals surface area contributed by atoms with Gasteiger partial charge in [-0.15, -0.1) is 0 Å². The highest BCUT2D eigenvalue weighted by Gasteiger charge is 2.55. The normalized spacial score (nSPS) is 20.3. The molecule has 3 atom stereocenters. The number of hydrogen-bond acceptors (Lipinski definition) is 7. The molecule has 9 heteroatoms. The maximum absolute atomic E-state index is 12.6.